The first-order valence-corrected chi connectivity index (χ1v) is 12.2. The summed E-state index contributed by atoms with van der Waals surface area (Å²) >= 11 is 0. The van der Waals surface area contributed by atoms with Crippen LogP contribution in [0.1, 0.15) is 41.5 Å². The number of likely N-dealkylation sites (tertiary alicyclic amines) is 1. The monoisotopic (exact) mass is 491 g/mol. The van der Waals surface area contributed by atoms with Gasteiger partial charge in [-0.3, -0.25) is 4.79 Å². The molecule has 3 aromatic rings. The number of halogens is 2. The summed E-state index contributed by atoms with van der Waals surface area (Å²) in [5.74, 6) is -0.308. The molecule has 188 valence electrons. The molecule has 0 aromatic heterocycles. The third-order valence-electron chi connectivity index (χ3n) is 6.89. The van der Waals surface area contributed by atoms with Gasteiger partial charge in [-0.2, -0.15) is 0 Å². The number of alkyl halides is 1. The zero-order valence-corrected chi connectivity index (χ0v) is 20.4. The minimum Gasteiger partial charge on any atom is -0.494 e. The van der Waals surface area contributed by atoms with Crippen molar-refractivity contribution < 1.29 is 23.4 Å². The molecule has 3 aromatic carbocycles. The number of rotatable bonds is 8. The second-order valence-electron chi connectivity index (χ2n) is 9.19. The number of hydrogen-bond donors (Lipinski definition) is 1. The summed E-state index contributed by atoms with van der Waals surface area (Å²) in [5, 5.41) is 11.1. The van der Waals surface area contributed by atoms with Crippen LogP contribution in [0.2, 0.25) is 0 Å². The van der Waals surface area contributed by atoms with Gasteiger partial charge in [0.1, 0.15) is 6.67 Å². The van der Waals surface area contributed by atoms with Crippen molar-refractivity contribution in [3.63, 3.8) is 0 Å². The Hall–Kier alpha value is -3.51. The normalized spacial score (nSPS) is 15.6. The molecule has 0 atom stereocenters. The summed E-state index contributed by atoms with van der Waals surface area (Å²) < 4.78 is 32.0. The molecular weight excluding hydrogens is 460 g/mol. The second-order valence-corrected chi connectivity index (χ2v) is 9.19. The Morgan fingerprint density at radius 3 is 2.31 bits per heavy atom. The molecule has 1 fully saturated rings. The number of methoxy groups -OCH3 is 1. The van der Waals surface area contributed by atoms with Gasteiger partial charge in [-0.1, -0.05) is 60.7 Å². The minimum atomic E-state index is -1.03. The third kappa shape index (κ3) is 6.00. The average molecular weight is 492 g/mol. The quantitative estimate of drug-likeness (QED) is 0.404. The van der Waals surface area contributed by atoms with E-state index in [1.807, 2.05) is 36.4 Å². The number of benzene rings is 3. The lowest BCUT2D eigenvalue weighted by Crippen LogP contribution is -2.44. The number of nitrogens with zero attached hydrogens (tertiary/aromatic N) is 1. The molecule has 0 aliphatic carbocycles. The average Bonchev–Trinajstić information content (AvgIpc) is 2.92. The highest BCUT2D eigenvalue weighted by Crippen LogP contribution is 2.33. The second kappa shape index (κ2) is 11.5. The minimum absolute atomic E-state index is 0.107. The number of aliphatic hydroxyl groups is 1. The number of piperidine rings is 1. The van der Waals surface area contributed by atoms with E-state index in [9.17, 15) is 18.7 Å². The van der Waals surface area contributed by atoms with Crippen molar-refractivity contribution in [1.82, 2.24) is 4.90 Å². The summed E-state index contributed by atoms with van der Waals surface area (Å²) in [6.07, 6.45) is 3.63. The molecule has 0 unspecified atom stereocenters. The van der Waals surface area contributed by atoms with Crippen LogP contribution in [0.5, 0.6) is 5.75 Å². The lowest BCUT2D eigenvalue weighted by Gasteiger charge is -2.38. The van der Waals surface area contributed by atoms with Crippen LogP contribution in [-0.2, 0) is 23.5 Å². The van der Waals surface area contributed by atoms with E-state index in [1.165, 1.54) is 13.2 Å². The number of carbonyl (C=O) groups is 1. The smallest absolute Gasteiger partial charge is 0.246 e. The Morgan fingerprint density at radius 2 is 1.69 bits per heavy atom. The van der Waals surface area contributed by atoms with Crippen molar-refractivity contribution >= 4 is 11.5 Å². The van der Waals surface area contributed by atoms with E-state index < -0.39 is 18.1 Å². The van der Waals surface area contributed by atoms with Gasteiger partial charge < -0.3 is 14.7 Å². The molecule has 1 heterocycles. The number of ether oxygens (including phenoxy) is 1. The predicted molar refractivity (Wildman–Crippen MR) is 137 cm³/mol. The molecule has 0 saturated carbocycles. The van der Waals surface area contributed by atoms with Crippen molar-refractivity contribution in [2.45, 2.75) is 38.0 Å². The first-order chi connectivity index (χ1) is 17.4. The van der Waals surface area contributed by atoms with Crippen molar-refractivity contribution in [3.8, 4) is 5.75 Å². The molecule has 6 heteroatoms. The molecular formula is C30H31F2NO3. The summed E-state index contributed by atoms with van der Waals surface area (Å²) in [6, 6.07) is 21.5. The first-order valence-electron chi connectivity index (χ1n) is 12.2. The van der Waals surface area contributed by atoms with Crippen molar-refractivity contribution in [2.24, 2.45) is 0 Å². The molecule has 0 spiro atoms. The standard InChI is InChI=1S/C30H31F2NO3/c1-36-28-14-10-22(19-27(28)32)7-11-25(24-5-3-2-4-6-24)20-29(34)33-17-15-30(35,16-18-33)26-12-8-23(21-31)9-13-26/h2-6,8-10,12-14,19-20,35H,7,11,15-18,21H2,1H3/b25-20-. The number of aryl methyl sites for hydroxylation is 1. The van der Waals surface area contributed by atoms with Crippen LogP contribution in [0.4, 0.5) is 8.78 Å². The van der Waals surface area contributed by atoms with Crippen LogP contribution in [-0.4, -0.2) is 36.1 Å². The maximum Gasteiger partial charge on any atom is 0.246 e. The van der Waals surface area contributed by atoms with Crippen molar-refractivity contribution in [1.29, 1.82) is 0 Å². The van der Waals surface area contributed by atoms with E-state index >= 15 is 0 Å². The van der Waals surface area contributed by atoms with Gasteiger partial charge in [0.15, 0.2) is 11.6 Å². The van der Waals surface area contributed by atoms with Crippen LogP contribution in [0.3, 0.4) is 0 Å². The number of carbonyl (C=O) groups excluding carboxylic acids is 1. The van der Waals surface area contributed by atoms with Crippen LogP contribution < -0.4 is 4.74 Å². The molecule has 4 rings (SSSR count). The molecule has 4 nitrogen and oxygen atoms in total. The lowest BCUT2D eigenvalue weighted by atomic mass is 9.84. The fourth-order valence-electron chi connectivity index (χ4n) is 4.63. The maximum atomic E-state index is 14.1. The summed E-state index contributed by atoms with van der Waals surface area (Å²) in [4.78, 5) is 15.0. The highest BCUT2D eigenvalue weighted by Gasteiger charge is 2.35. The largest absolute Gasteiger partial charge is 0.494 e. The van der Waals surface area contributed by atoms with Gasteiger partial charge in [0, 0.05) is 19.2 Å². The molecule has 36 heavy (non-hydrogen) atoms. The van der Waals surface area contributed by atoms with E-state index in [-0.39, 0.29) is 11.7 Å². The molecule has 1 saturated heterocycles. The molecule has 1 aliphatic heterocycles. The molecule has 1 N–H and O–H groups in total. The fourth-order valence-corrected chi connectivity index (χ4v) is 4.63. The molecule has 1 aliphatic rings. The van der Waals surface area contributed by atoms with E-state index in [0.29, 0.717) is 44.3 Å². The van der Waals surface area contributed by atoms with Crippen molar-refractivity contribution in [2.75, 3.05) is 20.2 Å². The Kier molecular flexibility index (Phi) is 8.16. The number of amides is 1. The van der Waals surface area contributed by atoms with Gasteiger partial charge in [0.25, 0.3) is 0 Å². The summed E-state index contributed by atoms with van der Waals surface area (Å²) in [5.41, 5.74) is 2.94. The molecule has 0 bridgehead atoms. The predicted octanol–water partition coefficient (Wildman–Crippen LogP) is 5.83. The van der Waals surface area contributed by atoms with Crippen LogP contribution >= 0.6 is 0 Å². The molecule has 1 amide bonds. The van der Waals surface area contributed by atoms with Gasteiger partial charge in [-0.05, 0) is 65.6 Å². The zero-order valence-electron chi connectivity index (χ0n) is 20.4. The summed E-state index contributed by atoms with van der Waals surface area (Å²) in [7, 11) is 1.43. The Labute approximate surface area is 210 Å². The van der Waals surface area contributed by atoms with Crippen LogP contribution in [0.25, 0.3) is 5.57 Å². The van der Waals surface area contributed by atoms with E-state index in [1.54, 1.807) is 41.3 Å². The Bertz CT molecular complexity index is 1200. The maximum absolute atomic E-state index is 14.1. The third-order valence-corrected chi connectivity index (χ3v) is 6.89. The van der Waals surface area contributed by atoms with Gasteiger partial charge >= 0.3 is 0 Å². The van der Waals surface area contributed by atoms with Gasteiger partial charge in [-0.15, -0.1) is 0 Å². The van der Waals surface area contributed by atoms with Gasteiger partial charge in [0.05, 0.1) is 12.7 Å². The Balaban J connectivity index is 1.46. The fraction of sp³-hybridized carbons (Fsp3) is 0.300. The van der Waals surface area contributed by atoms with Gasteiger partial charge in [0.2, 0.25) is 5.91 Å². The zero-order chi connectivity index (χ0) is 25.5. The first kappa shape index (κ1) is 25.6. The van der Waals surface area contributed by atoms with Crippen LogP contribution in [0, 0.1) is 5.82 Å². The summed E-state index contributed by atoms with van der Waals surface area (Å²) in [6.45, 7) is 0.301. The number of allylic oxidation sites excluding steroid dienone is 1. The van der Waals surface area contributed by atoms with E-state index in [2.05, 4.69) is 0 Å². The number of hydrogen-bond acceptors (Lipinski definition) is 3. The Morgan fingerprint density at radius 1 is 1.03 bits per heavy atom. The van der Waals surface area contributed by atoms with E-state index in [4.69, 9.17) is 4.74 Å². The highest BCUT2D eigenvalue weighted by molar-refractivity contribution is 5.95. The SMILES string of the molecule is COc1ccc(CC/C(=C/C(=O)N2CCC(O)(c3ccc(CF)cc3)CC2)c2ccccc2)cc1F. The lowest BCUT2D eigenvalue weighted by molar-refractivity contribution is -0.130. The highest BCUT2D eigenvalue weighted by atomic mass is 19.1. The topological polar surface area (TPSA) is 49.8 Å². The van der Waals surface area contributed by atoms with Crippen LogP contribution in [0.15, 0.2) is 78.9 Å². The van der Waals surface area contributed by atoms with Crippen molar-refractivity contribution in [3.05, 3.63) is 107 Å². The van der Waals surface area contributed by atoms with Gasteiger partial charge in [-0.25, -0.2) is 8.78 Å². The molecule has 0 radical (unpaired) electrons. The van der Waals surface area contributed by atoms with E-state index in [0.717, 1.165) is 22.3 Å².